The molecule has 0 bridgehead atoms. The zero-order chi connectivity index (χ0) is 19.5. The fourth-order valence-electron chi connectivity index (χ4n) is 2.36. The van der Waals surface area contributed by atoms with Gasteiger partial charge in [0, 0.05) is 30.9 Å². The molecule has 7 heteroatoms. The third kappa shape index (κ3) is 7.29. The predicted octanol–water partition coefficient (Wildman–Crippen LogP) is 2.91. The molecule has 0 saturated carbocycles. The zero-order valence-corrected chi connectivity index (χ0v) is 15.9. The van der Waals surface area contributed by atoms with E-state index < -0.39 is 5.97 Å². The maximum Gasteiger partial charge on any atom is 0.340 e. The molecule has 2 aromatic rings. The minimum atomic E-state index is -0.550. The Morgan fingerprint density at radius 1 is 1.04 bits per heavy atom. The summed E-state index contributed by atoms with van der Waals surface area (Å²) < 4.78 is 9.93. The van der Waals surface area contributed by atoms with E-state index in [0.717, 1.165) is 12.0 Å². The first-order valence-electron chi connectivity index (χ1n) is 8.60. The van der Waals surface area contributed by atoms with Gasteiger partial charge in [0.05, 0.1) is 12.2 Å². The summed E-state index contributed by atoms with van der Waals surface area (Å²) in [5, 5.41) is 6.53. The maximum atomic E-state index is 12.3. The third-order valence-corrected chi connectivity index (χ3v) is 4.00. The van der Waals surface area contributed by atoms with Gasteiger partial charge in [0.25, 0.3) is 5.91 Å². The molecule has 27 heavy (non-hydrogen) atoms. The van der Waals surface area contributed by atoms with Crippen molar-refractivity contribution < 1.29 is 19.1 Å². The van der Waals surface area contributed by atoms with Crippen LogP contribution in [-0.2, 0) is 20.7 Å². The molecule has 1 amide bonds. The van der Waals surface area contributed by atoms with E-state index in [2.05, 4.69) is 10.6 Å². The quantitative estimate of drug-likeness (QED) is 0.482. The number of ether oxygens (including phenoxy) is 2. The molecule has 144 valence electrons. The second-order valence-corrected chi connectivity index (χ2v) is 6.20. The molecule has 6 nitrogen and oxygen atoms in total. The first-order chi connectivity index (χ1) is 13.1. The molecule has 0 aliphatic carbocycles. The first-order valence-corrected chi connectivity index (χ1v) is 8.98. The van der Waals surface area contributed by atoms with E-state index in [-0.39, 0.29) is 12.5 Å². The molecule has 0 aliphatic heterocycles. The van der Waals surface area contributed by atoms with Crippen molar-refractivity contribution in [2.75, 3.05) is 38.7 Å². The van der Waals surface area contributed by atoms with Gasteiger partial charge in [-0.1, -0.05) is 35.9 Å². The molecule has 2 rings (SSSR count). The summed E-state index contributed by atoms with van der Waals surface area (Å²) >= 11 is 5.88. The summed E-state index contributed by atoms with van der Waals surface area (Å²) in [6.07, 6.45) is 0.780. The molecule has 0 atom stereocenters. The molecule has 0 unspecified atom stereocenters. The average molecular weight is 391 g/mol. The standard InChI is InChI=1S/C20H23ClN2O4/c1-26-13-12-23-19(24)14-27-20(25)17-4-2-3-5-18(17)22-11-10-15-6-8-16(21)9-7-15/h2-9,22H,10-14H2,1H3,(H,23,24). The largest absolute Gasteiger partial charge is 0.452 e. The van der Waals surface area contributed by atoms with Crippen LogP contribution in [0.2, 0.25) is 5.02 Å². The van der Waals surface area contributed by atoms with Gasteiger partial charge in [-0.15, -0.1) is 0 Å². The molecule has 0 spiro atoms. The number of rotatable bonds is 10. The van der Waals surface area contributed by atoms with Crippen molar-refractivity contribution in [2.24, 2.45) is 0 Å². The monoisotopic (exact) mass is 390 g/mol. The maximum absolute atomic E-state index is 12.3. The third-order valence-electron chi connectivity index (χ3n) is 3.75. The van der Waals surface area contributed by atoms with Crippen LogP contribution in [0.3, 0.4) is 0 Å². The SMILES string of the molecule is COCCNC(=O)COC(=O)c1ccccc1NCCc1ccc(Cl)cc1. The summed E-state index contributed by atoms with van der Waals surface area (Å²) in [6.45, 7) is 1.08. The minimum Gasteiger partial charge on any atom is -0.452 e. The number of amides is 1. The van der Waals surface area contributed by atoms with Gasteiger partial charge < -0.3 is 20.1 Å². The Labute approximate surface area is 163 Å². The molecule has 2 N–H and O–H groups in total. The van der Waals surface area contributed by atoms with Crippen LogP contribution in [0.25, 0.3) is 0 Å². The van der Waals surface area contributed by atoms with E-state index in [0.29, 0.717) is 36.0 Å². The van der Waals surface area contributed by atoms with Crippen LogP contribution in [0, 0.1) is 0 Å². The lowest BCUT2D eigenvalue weighted by Crippen LogP contribution is -2.31. The van der Waals surface area contributed by atoms with Crippen molar-refractivity contribution in [1.82, 2.24) is 5.32 Å². The van der Waals surface area contributed by atoms with Crippen LogP contribution >= 0.6 is 11.6 Å². The van der Waals surface area contributed by atoms with E-state index in [1.807, 2.05) is 30.3 Å². The first kappa shape index (κ1) is 20.7. The number of carbonyl (C=O) groups is 2. The van der Waals surface area contributed by atoms with Crippen molar-refractivity contribution in [2.45, 2.75) is 6.42 Å². The van der Waals surface area contributed by atoms with Gasteiger partial charge in [0.1, 0.15) is 0 Å². The molecule has 0 aromatic heterocycles. The normalized spacial score (nSPS) is 10.3. The highest BCUT2D eigenvalue weighted by atomic mass is 35.5. The van der Waals surface area contributed by atoms with E-state index >= 15 is 0 Å². The highest BCUT2D eigenvalue weighted by Gasteiger charge is 2.14. The van der Waals surface area contributed by atoms with E-state index in [4.69, 9.17) is 21.1 Å². The lowest BCUT2D eigenvalue weighted by atomic mass is 10.1. The zero-order valence-electron chi connectivity index (χ0n) is 15.2. The Morgan fingerprint density at radius 3 is 2.52 bits per heavy atom. The van der Waals surface area contributed by atoms with Crippen LogP contribution in [0.5, 0.6) is 0 Å². The number of hydrogen-bond donors (Lipinski definition) is 2. The molecule has 0 fully saturated rings. The summed E-state index contributed by atoms with van der Waals surface area (Å²) in [6, 6.07) is 14.7. The molecular formula is C20H23ClN2O4. The Bertz CT molecular complexity index is 750. The Kier molecular flexibility index (Phi) is 8.61. The van der Waals surface area contributed by atoms with Crippen molar-refractivity contribution in [3.8, 4) is 0 Å². The Morgan fingerprint density at radius 2 is 1.78 bits per heavy atom. The van der Waals surface area contributed by atoms with Crippen molar-refractivity contribution >= 4 is 29.2 Å². The number of halogens is 1. The molecule has 0 aliphatic rings. The summed E-state index contributed by atoms with van der Waals surface area (Å²) in [5.74, 6) is -0.917. The topological polar surface area (TPSA) is 76.7 Å². The van der Waals surface area contributed by atoms with Crippen molar-refractivity contribution in [1.29, 1.82) is 0 Å². The predicted molar refractivity (Wildman–Crippen MR) is 105 cm³/mol. The number of nitrogens with one attached hydrogen (secondary N) is 2. The number of hydrogen-bond acceptors (Lipinski definition) is 5. The Hall–Kier alpha value is -2.57. The molecule has 0 saturated heterocycles. The fourth-order valence-corrected chi connectivity index (χ4v) is 2.49. The smallest absolute Gasteiger partial charge is 0.340 e. The lowest BCUT2D eigenvalue weighted by molar-refractivity contribution is -0.124. The Balaban J connectivity index is 1.85. The number of methoxy groups -OCH3 is 1. The number of anilines is 1. The molecular weight excluding hydrogens is 368 g/mol. The van der Waals surface area contributed by atoms with Gasteiger partial charge in [-0.2, -0.15) is 0 Å². The van der Waals surface area contributed by atoms with Crippen LogP contribution in [0.15, 0.2) is 48.5 Å². The highest BCUT2D eigenvalue weighted by molar-refractivity contribution is 6.30. The van der Waals surface area contributed by atoms with Gasteiger partial charge in [-0.05, 0) is 36.2 Å². The van der Waals surface area contributed by atoms with Crippen LogP contribution in [0.4, 0.5) is 5.69 Å². The van der Waals surface area contributed by atoms with Crippen molar-refractivity contribution in [3.63, 3.8) is 0 Å². The molecule has 0 radical (unpaired) electrons. The van der Waals surface area contributed by atoms with Gasteiger partial charge in [-0.3, -0.25) is 4.79 Å². The van der Waals surface area contributed by atoms with Gasteiger partial charge in [0.2, 0.25) is 0 Å². The molecule has 2 aromatic carbocycles. The summed E-state index contributed by atoms with van der Waals surface area (Å²) in [7, 11) is 1.54. The molecule has 0 heterocycles. The lowest BCUT2D eigenvalue weighted by Gasteiger charge is -2.12. The van der Waals surface area contributed by atoms with E-state index in [1.165, 1.54) is 0 Å². The van der Waals surface area contributed by atoms with Crippen LogP contribution < -0.4 is 10.6 Å². The summed E-state index contributed by atoms with van der Waals surface area (Å²) in [4.78, 5) is 23.9. The van der Waals surface area contributed by atoms with Crippen LogP contribution in [0.1, 0.15) is 15.9 Å². The second kappa shape index (κ2) is 11.2. The summed E-state index contributed by atoms with van der Waals surface area (Å²) in [5.41, 5.74) is 2.19. The minimum absolute atomic E-state index is 0.332. The second-order valence-electron chi connectivity index (χ2n) is 5.77. The van der Waals surface area contributed by atoms with Crippen molar-refractivity contribution in [3.05, 3.63) is 64.7 Å². The van der Waals surface area contributed by atoms with Gasteiger partial charge in [-0.25, -0.2) is 4.79 Å². The number of para-hydroxylation sites is 1. The average Bonchev–Trinajstić information content (AvgIpc) is 2.68. The van der Waals surface area contributed by atoms with Gasteiger partial charge in [0.15, 0.2) is 6.61 Å². The number of benzene rings is 2. The number of esters is 1. The highest BCUT2D eigenvalue weighted by Crippen LogP contribution is 2.17. The fraction of sp³-hybridized carbons (Fsp3) is 0.300. The van der Waals surface area contributed by atoms with Gasteiger partial charge >= 0.3 is 5.97 Å². The number of carbonyl (C=O) groups excluding carboxylic acids is 2. The van der Waals surface area contributed by atoms with E-state index in [1.54, 1.807) is 25.3 Å². The van der Waals surface area contributed by atoms with E-state index in [9.17, 15) is 9.59 Å². The van der Waals surface area contributed by atoms with Crippen LogP contribution in [-0.4, -0.2) is 45.3 Å².